The molecule has 0 aliphatic rings. The Bertz CT molecular complexity index is 1080. The summed E-state index contributed by atoms with van der Waals surface area (Å²) in [5.74, 6) is 1.26. The van der Waals surface area contributed by atoms with Crippen LogP contribution in [0.3, 0.4) is 0 Å². The zero-order valence-electron chi connectivity index (χ0n) is 17.0. The van der Waals surface area contributed by atoms with Gasteiger partial charge in [0, 0.05) is 16.6 Å². The standard InChI is InChI=1S/C22H23NO6/c1-12-15-10-20(28-4)18(26-2)7-13(15)6-17(23-12)16-11-21(29-5)19(27-3)8-14(16)9-22(24)25/h6-8,10-11H,9H2,1-5H3,(H,24,25). The summed E-state index contributed by atoms with van der Waals surface area (Å²) in [7, 11) is 6.22. The Morgan fingerprint density at radius 1 is 0.862 bits per heavy atom. The van der Waals surface area contributed by atoms with E-state index < -0.39 is 5.97 Å². The van der Waals surface area contributed by atoms with E-state index in [4.69, 9.17) is 23.9 Å². The van der Waals surface area contributed by atoms with E-state index in [1.807, 2.05) is 25.1 Å². The molecule has 0 bridgehead atoms. The number of rotatable bonds is 7. The SMILES string of the molecule is COc1cc(CC(=O)O)c(-c2cc3cc(OC)c(OC)cc3c(C)n2)cc1OC. The predicted molar refractivity (Wildman–Crippen MR) is 109 cm³/mol. The van der Waals surface area contributed by atoms with Gasteiger partial charge in [-0.05, 0) is 48.2 Å². The molecular weight excluding hydrogens is 374 g/mol. The van der Waals surface area contributed by atoms with E-state index in [1.54, 1.807) is 26.4 Å². The fraction of sp³-hybridized carbons (Fsp3) is 0.273. The Labute approximate surface area is 168 Å². The van der Waals surface area contributed by atoms with Gasteiger partial charge in [0.25, 0.3) is 0 Å². The summed E-state index contributed by atoms with van der Waals surface area (Å²) in [6.07, 6.45) is -0.166. The average Bonchev–Trinajstić information content (AvgIpc) is 2.71. The molecule has 0 radical (unpaired) electrons. The topological polar surface area (TPSA) is 87.1 Å². The van der Waals surface area contributed by atoms with E-state index in [-0.39, 0.29) is 6.42 Å². The normalized spacial score (nSPS) is 10.7. The number of carboxylic acid groups (broad SMARTS) is 1. The molecule has 0 saturated heterocycles. The van der Waals surface area contributed by atoms with E-state index in [0.29, 0.717) is 39.8 Å². The van der Waals surface area contributed by atoms with Gasteiger partial charge in [-0.15, -0.1) is 0 Å². The number of ether oxygens (including phenoxy) is 4. The van der Waals surface area contributed by atoms with E-state index in [2.05, 4.69) is 0 Å². The maximum atomic E-state index is 11.4. The molecule has 7 nitrogen and oxygen atoms in total. The van der Waals surface area contributed by atoms with Gasteiger partial charge < -0.3 is 24.1 Å². The number of aliphatic carboxylic acids is 1. The van der Waals surface area contributed by atoms with Crippen molar-refractivity contribution in [1.29, 1.82) is 0 Å². The Balaban J connectivity index is 2.27. The molecule has 3 rings (SSSR count). The molecule has 0 spiro atoms. The van der Waals surface area contributed by atoms with Gasteiger partial charge >= 0.3 is 5.97 Å². The summed E-state index contributed by atoms with van der Waals surface area (Å²) in [6, 6.07) is 9.09. The monoisotopic (exact) mass is 397 g/mol. The molecule has 1 aromatic heterocycles. The lowest BCUT2D eigenvalue weighted by atomic mass is 9.98. The molecule has 152 valence electrons. The van der Waals surface area contributed by atoms with Crippen LogP contribution in [0.25, 0.3) is 22.0 Å². The van der Waals surface area contributed by atoms with Crippen molar-refractivity contribution >= 4 is 16.7 Å². The fourth-order valence-electron chi connectivity index (χ4n) is 3.35. The molecule has 0 amide bonds. The van der Waals surface area contributed by atoms with Gasteiger partial charge in [0.2, 0.25) is 0 Å². The van der Waals surface area contributed by atoms with Gasteiger partial charge in [-0.25, -0.2) is 0 Å². The third kappa shape index (κ3) is 3.89. The van der Waals surface area contributed by atoms with Crippen LogP contribution in [0.5, 0.6) is 23.0 Å². The van der Waals surface area contributed by atoms with E-state index in [0.717, 1.165) is 16.5 Å². The van der Waals surface area contributed by atoms with Crippen molar-refractivity contribution < 1.29 is 28.8 Å². The van der Waals surface area contributed by atoms with Crippen LogP contribution in [0, 0.1) is 6.92 Å². The van der Waals surface area contributed by atoms with Crippen LogP contribution in [0.1, 0.15) is 11.3 Å². The van der Waals surface area contributed by atoms with Crippen molar-refractivity contribution in [1.82, 2.24) is 4.98 Å². The van der Waals surface area contributed by atoms with E-state index in [9.17, 15) is 9.90 Å². The van der Waals surface area contributed by atoms with Gasteiger partial charge in [-0.3, -0.25) is 9.78 Å². The first kappa shape index (κ1) is 20.3. The molecular formula is C22H23NO6. The number of methoxy groups -OCH3 is 4. The van der Waals surface area contributed by atoms with E-state index in [1.165, 1.54) is 14.2 Å². The Morgan fingerprint density at radius 2 is 1.41 bits per heavy atom. The van der Waals surface area contributed by atoms with Crippen molar-refractivity contribution in [3.8, 4) is 34.3 Å². The molecule has 0 atom stereocenters. The fourth-order valence-corrected chi connectivity index (χ4v) is 3.35. The minimum atomic E-state index is -0.942. The number of hydrogen-bond donors (Lipinski definition) is 1. The second kappa shape index (κ2) is 8.26. The summed E-state index contributed by atoms with van der Waals surface area (Å²) >= 11 is 0. The third-order valence-corrected chi connectivity index (χ3v) is 4.75. The van der Waals surface area contributed by atoms with Crippen LogP contribution >= 0.6 is 0 Å². The number of carbonyl (C=O) groups is 1. The summed E-state index contributed by atoms with van der Waals surface area (Å²) in [5, 5.41) is 11.2. The molecule has 3 aromatic rings. The number of nitrogens with zero attached hydrogens (tertiary/aromatic N) is 1. The minimum Gasteiger partial charge on any atom is -0.493 e. The number of benzene rings is 2. The van der Waals surface area contributed by atoms with Crippen molar-refractivity contribution in [2.75, 3.05) is 28.4 Å². The number of pyridine rings is 1. The molecule has 0 saturated carbocycles. The zero-order valence-corrected chi connectivity index (χ0v) is 17.0. The van der Waals surface area contributed by atoms with Crippen LogP contribution in [-0.2, 0) is 11.2 Å². The second-order valence-corrected chi connectivity index (χ2v) is 6.46. The minimum absolute atomic E-state index is 0.166. The molecule has 29 heavy (non-hydrogen) atoms. The molecule has 7 heteroatoms. The molecule has 1 N–H and O–H groups in total. The number of hydrogen-bond acceptors (Lipinski definition) is 6. The van der Waals surface area contributed by atoms with Gasteiger partial charge in [0.05, 0.1) is 40.6 Å². The van der Waals surface area contributed by atoms with Crippen molar-refractivity contribution in [2.45, 2.75) is 13.3 Å². The van der Waals surface area contributed by atoms with Crippen LogP contribution in [-0.4, -0.2) is 44.5 Å². The third-order valence-electron chi connectivity index (χ3n) is 4.75. The van der Waals surface area contributed by atoms with Crippen LogP contribution in [0.2, 0.25) is 0 Å². The molecule has 0 aliphatic heterocycles. The lowest BCUT2D eigenvalue weighted by Gasteiger charge is -2.16. The van der Waals surface area contributed by atoms with Crippen molar-refractivity contribution in [2.24, 2.45) is 0 Å². The summed E-state index contributed by atoms with van der Waals surface area (Å²) < 4.78 is 21.5. The second-order valence-electron chi connectivity index (χ2n) is 6.46. The van der Waals surface area contributed by atoms with Crippen LogP contribution in [0.15, 0.2) is 30.3 Å². The summed E-state index contributed by atoms with van der Waals surface area (Å²) in [6.45, 7) is 1.90. The van der Waals surface area contributed by atoms with Crippen molar-refractivity contribution in [3.63, 3.8) is 0 Å². The van der Waals surface area contributed by atoms with Gasteiger partial charge in [0.15, 0.2) is 23.0 Å². The van der Waals surface area contributed by atoms with Crippen LogP contribution in [0.4, 0.5) is 0 Å². The first-order valence-corrected chi connectivity index (χ1v) is 8.92. The number of carboxylic acids is 1. The van der Waals surface area contributed by atoms with Crippen molar-refractivity contribution in [3.05, 3.63) is 41.6 Å². The highest BCUT2D eigenvalue weighted by Crippen LogP contribution is 2.38. The quantitative estimate of drug-likeness (QED) is 0.647. The van der Waals surface area contributed by atoms with Gasteiger partial charge in [-0.2, -0.15) is 0 Å². The van der Waals surface area contributed by atoms with Gasteiger partial charge in [0.1, 0.15) is 0 Å². The molecule has 0 aliphatic carbocycles. The number of aromatic nitrogens is 1. The lowest BCUT2D eigenvalue weighted by molar-refractivity contribution is -0.136. The maximum Gasteiger partial charge on any atom is 0.307 e. The molecule has 0 unspecified atom stereocenters. The number of aryl methyl sites for hydroxylation is 1. The predicted octanol–water partition coefficient (Wildman–Crippen LogP) is 3.87. The molecule has 2 aromatic carbocycles. The zero-order chi connectivity index (χ0) is 21.1. The Kier molecular flexibility index (Phi) is 5.77. The molecule has 1 heterocycles. The Hall–Kier alpha value is -3.48. The number of fused-ring (bicyclic) bond motifs is 1. The highest BCUT2D eigenvalue weighted by Gasteiger charge is 2.18. The highest BCUT2D eigenvalue weighted by molar-refractivity contribution is 5.91. The summed E-state index contributed by atoms with van der Waals surface area (Å²) in [4.78, 5) is 16.1. The van der Waals surface area contributed by atoms with Gasteiger partial charge in [-0.1, -0.05) is 0 Å². The van der Waals surface area contributed by atoms with E-state index >= 15 is 0 Å². The average molecular weight is 397 g/mol. The summed E-state index contributed by atoms with van der Waals surface area (Å²) in [5.41, 5.74) is 2.68. The lowest BCUT2D eigenvalue weighted by Crippen LogP contribution is -2.04. The van der Waals surface area contributed by atoms with Crippen LogP contribution < -0.4 is 18.9 Å². The molecule has 0 fully saturated rings. The largest absolute Gasteiger partial charge is 0.493 e. The smallest absolute Gasteiger partial charge is 0.307 e. The first-order chi connectivity index (χ1) is 13.9. The Morgan fingerprint density at radius 3 is 2.00 bits per heavy atom. The highest BCUT2D eigenvalue weighted by atomic mass is 16.5. The first-order valence-electron chi connectivity index (χ1n) is 8.92. The maximum absolute atomic E-state index is 11.4.